The van der Waals surface area contributed by atoms with Crippen molar-refractivity contribution in [3.63, 3.8) is 0 Å². The maximum Gasteiger partial charge on any atom is 0.122 e. The van der Waals surface area contributed by atoms with Crippen LogP contribution in [0.1, 0.15) is 36.8 Å². The van der Waals surface area contributed by atoms with Crippen molar-refractivity contribution >= 4 is 0 Å². The Morgan fingerprint density at radius 2 is 1.75 bits per heavy atom. The average molecular weight is 224 g/mol. The molecule has 1 aromatic carbocycles. The smallest absolute Gasteiger partial charge is 0.122 e. The normalized spacial score (nSPS) is 14.6. The molecule has 0 heterocycles. The van der Waals surface area contributed by atoms with Crippen molar-refractivity contribution in [1.82, 2.24) is 0 Å². The molecule has 1 rings (SSSR count). The number of aliphatic hydroxyl groups is 2. The lowest BCUT2D eigenvalue weighted by Gasteiger charge is -2.16. The van der Waals surface area contributed by atoms with E-state index in [0.29, 0.717) is 0 Å². The van der Waals surface area contributed by atoms with E-state index in [1.54, 1.807) is 7.11 Å². The van der Waals surface area contributed by atoms with Gasteiger partial charge in [0.15, 0.2) is 0 Å². The number of hydrogen-bond acceptors (Lipinski definition) is 3. The quantitative estimate of drug-likeness (QED) is 0.803. The van der Waals surface area contributed by atoms with Gasteiger partial charge in [-0.25, -0.2) is 0 Å². The van der Waals surface area contributed by atoms with E-state index >= 15 is 0 Å². The maximum atomic E-state index is 9.14. The van der Waals surface area contributed by atoms with Crippen LogP contribution in [-0.2, 0) is 0 Å². The molecule has 1 aromatic rings. The Bertz CT molecular complexity index is 336. The second kappa shape index (κ2) is 5.87. The predicted molar refractivity (Wildman–Crippen MR) is 64.0 cm³/mol. The molecule has 2 unspecified atom stereocenters. The Balaban J connectivity index is 3.06. The molecular formula is C13H20O3. The molecule has 0 amide bonds. The molecular weight excluding hydrogens is 204 g/mol. The molecule has 0 saturated heterocycles. The molecule has 0 bridgehead atoms. The van der Waals surface area contributed by atoms with E-state index < -0.39 is 0 Å². The highest BCUT2D eigenvalue weighted by Gasteiger charge is 2.13. The summed E-state index contributed by atoms with van der Waals surface area (Å²) in [5, 5.41) is 18.2. The standard InChI is InChI=1S/C13H20O3/c1-9(7-14)11-4-5-12(10(2)8-15)13(6-11)16-3/h4-6,9-10,14-15H,7-8H2,1-3H3. The Morgan fingerprint density at radius 3 is 2.25 bits per heavy atom. The zero-order valence-electron chi connectivity index (χ0n) is 10.1. The highest BCUT2D eigenvalue weighted by molar-refractivity contribution is 5.40. The first kappa shape index (κ1) is 13.0. The summed E-state index contributed by atoms with van der Waals surface area (Å²) in [6, 6.07) is 5.87. The first-order valence-electron chi connectivity index (χ1n) is 5.53. The van der Waals surface area contributed by atoms with Crippen LogP contribution in [0, 0.1) is 0 Å². The van der Waals surface area contributed by atoms with Crippen molar-refractivity contribution in [2.75, 3.05) is 20.3 Å². The fraction of sp³-hybridized carbons (Fsp3) is 0.538. The molecule has 90 valence electrons. The van der Waals surface area contributed by atoms with E-state index in [1.165, 1.54) is 0 Å². The minimum atomic E-state index is 0.0634. The summed E-state index contributed by atoms with van der Waals surface area (Å²) in [6.07, 6.45) is 0. The van der Waals surface area contributed by atoms with E-state index in [2.05, 4.69) is 0 Å². The maximum absolute atomic E-state index is 9.14. The van der Waals surface area contributed by atoms with E-state index in [-0.39, 0.29) is 25.0 Å². The molecule has 0 fully saturated rings. The minimum Gasteiger partial charge on any atom is -0.496 e. The number of ether oxygens (including phenoxy) is 1. The van der Waals surface area contributed by atoms with Gasteiger partial charge in [0.25, 0.3) is 0 Å². The Morgan fingerprint density at radius 1 is 1.12 bits per heavy atom. The first-order chi connectivity index (χ1) is 7.63. The number of benzene rings is 1. The van der Waals surface area contributed by atoms with E-state index in [1.807, 2.05) is 32.0 Å². The van der Waals surface area contributed by atoms with Gasteiger partial charge in [-0.15, -0.1) is 0 Å². The topological polar surface area (TPSA) is 49.7 Å². The Hall–Kier alpha value is -1.06. The van der Waals surface area contributed by atoms with Gasteiger partial charge in [0.2, 0.25) is 0 Å². The van der Waals surface area contributed by atoms with Gasteiger partial charge in [0.1, 0.15) is 5.75 Å². The molecule has 2 N–H and O–H groups in total. The van der Waals surface area contributed by atoms with Gasteiger partial charge >= 0.3 is 0 Å². The van der Waals surface area contributed by atoms with Crippen molar-refractivity contribution in [2.24, 2.45) is 0 Å². The molecule has 0 aliphatic carbocycles. The van der Waals surface area contributed by atoms with E-state index in [4.69, 9.17) is 14.9 Å². The Kier molecular flexibility index (Phi) is 4.77. The second-order valence-electron chi connectivity index (χ2n) is 4.17. The highest BCUT2D eigenvalue weighted by atomic mass is 16.5. The molecule has 0 aromatic heterocycles. The van der Waals surface area contributed by atoms with Crippen LogP contribution in [0.3, 0.4) is 0 Å². The van der Waals surface area contributed by atoms with Gasteiger partial charge in [-0.1, -0.05) is 26.0 Å². The summed E-state index contributed by atoms with van der Waals surface area (Å²) < 4.78 is 5.31. The number of methoxy groups -OCH3 is 1. The number of rotatable bonds is 5. The summed E-state index contributed by atoms with van der Waals surface area (Å²) in [5.74, 6) is 0.945. The van der Waals surface area contributed by atoms with Gasteiger partial charge < -0.3 is 14.9 Å². The van der Waals surface area contributed by atoms with Gasteiger partial charge in [0, 0.05) is 25.0 Å². The van der Waals surface area contributed by atoms with Crippen molar-refractivity contribution < 1.29 is 14.9 Å². The fourth-order valence-corrected chi connectivity index (χ4v) is 1.65. The lowest BCUT2D eigenvalue weighted by molar-refractivity contribution is 0.268. The molecule has 0 aliphatic heterocycles. The molecule has 0 radical (unpaired) electrons. The summed E-state index contributed by atoms with van der Waals surface area (Å²) in [6.45, 7) is 4.14. The molecule has 2 atom stereocenters. The lowest BCUT2D eigenvalue weighted by atomic mass is 9.95. The van der Waals surface area contributed by atoms with Gasteiger partial charge in [0.05, 0.1) is 7.11 Å². The molecule has 0 saturated carbocycles. The predicted octanol–water partition coefficient (Wildman–Crippen LogP) is 1.89. The van der Waals surface area contributed by atoms with Crippen molar-refractivity contribution in [3.8, 4) is 5.75 Å². The molecule has 0 aliphatic rings. The van der Waals surface area contributed by atoms with Gasteiger partial charge in [-0.3, -0.25) is 0 Å². The number of hydrogen-bond donors (Lipinski definition) is 2. The van der Waals surface area contributed by atoms with Crippen LogP contribution in [0.2, 0.25) is 0 Å². The number of aliphatic hydroxyl groups excluding tert-OH is 2. The fourth-order valence-electron chi connectivity index (χ4n) is 1.65. The molecule has 16 heavy (non-hydrogen) atoms. The monoisotopic (exact) mass is 224 g/mol. The third kappa shape index (κ3) is 2.74. The molecule has 0 spiro atoms. The van der Waals surface area contributed by atoms with Crippen LogP contribution in [-0.4, -0.2) is 30.5 Å². The molecule has 3 heteroatoms. The van der Waals surface area contributed by atoms with Crippen molar-refractivity contribution in [3.05, 3.63) is 29.3 Å². The summed E-state index contributed by atoms with van der Waals surface area (Å²) >= 11 is 0. The minimum absolute atomic E-state index is 0.0634. The zero-order valence-corrected chi connectivity index (χ0v) is 10.1. The Labute approximate surface area is 96.7 Å². The third-order valence-corrected chi connectivity index (χ3v) is 2.91. The molecule has 3 nitrogen and oxygen atoms in total. The summed E-state index contributed by atoms with van der Waals surface area (Å²) in [4.78, 5) is 0. The summed E-state index contributed by atoms with van der Waals surface area (Å²) in [7, 11) is 1.62. The van der Waals surface area contributed by atoms with Crippen LogP contribution in [0.15, 0.2) is 18.2 Å². The second-order valence-corrected chi connectivity index (χ2v) is 4.17. The van der Waals surface area contributed by atoms with Gasteiger partial charge in [-0.05, 0) is 17.2 Å². The average Bonchev–Trinajstić information content (AvgIpc) is 2.35. The van der Waals surface area contributed by atoms with Crippen LogP contribution in [0.5, 0.6) is 5.75 Å². The largest absolute Gasteiger partial charge is 0.496 e. The van der Waals surface area contributed by atoms with Crippen molar-refractivity contribution in [2.45, 2.75) is 25.7 Å². The van der Waals surface area contributed by atoms with Crippen LogP contribution >= 0.6 is 0 Å². The van der Waals surface area contributed by atoms with E-state index in [0.717, 1.165) is 16.9 Å². The zero-order chi connectivity index (χ0) is 12.1. The third-order valence-electron chi connectivity index (χ3n) is 2.91. The van der Waals surface area contributed by atoms with E-state index in [9.17, 15) is 0 Å². The van der Waals surface area contributed by atoms with Crippen LogP contribution in [0.4, 0.5) is 0 Å². The van der Waals surface area contributed by atoms with Crippen molar-refractivity contribution in [1.29, 1.82) is 0 Å². The van der Waals surface area contributed by atoms with Gasteiger partial charge in [-0.2, -0.15) is 0 Å². The first-order valence-corrected chi connectivity index (χ1v) is 5.53. The SMILES string of the molecule is COc1cc(C(C)CO)ccc1C(C)CO. The lowest BCUT2D eigenvalue weighted by Crippen LogP contribution is -2.04. The van der Waals surface area contributed by atoms with Crippen LogP contribution < -0.4 is 4.74 Å². The highest BCUT2D eigenvalue weighted by Crippen LogP contribution is 2.29. The summed E-state index contributed by atoms with van der Waals surface area (Å²) in [5.41, 5.74) is 2.05. The van der Waals surface area contributed by atoms with Crippen LogP contribution in [0.25, 0.3) is 0 Å².